The molecule has 1 heterocycles. The Kier molecular flexibility index (Phi) is 17.0. The predicted molar refractivity (Wildman–Crippen MR) is 290 cm³/mol. The lowest BCUT2D eigenvalue weighted by Gasteiger charge is -2.30. The van der Waals surface area contributed by atoms with E-state index in [0.29, 0.717) is 50.1 Å². The molecule has 0 radical (unpaired) electrons. The van der Waals surface area contributed by atoms with Gasteiger partial charge in [0.15, 0.2) is 17.3 Å². The maximum atomic E-state index is 15.7. The quantitative estimate of drug-likeness (QED) is 0.105. The van der Waals surface area contributed by atoms with Crippen LogP contribution in [-0.2, 0) is 66.1 Å². The van der Waals surface area contributed by atoms with Gasteiger partial charge in [0.05, 0.1) is 0 Å². The zero-order valence-corrected chi connectivity index (χ0v) is 47.6. The van der Waals surface area contributed by atoms with Crippen molar-refractivity contribution in [2.75, 3.05) is 0 Å². The maximum Gasteiger partial charge on any atom is 0.337 e. The highest BCUT2D eigenvalue weighted by Crippen LogP contribution is 2.43. The summed E-state index contributed by atoms with van der Waals surface area (Å²) < 4.78 is 2.32. The molecule has 0 aliphatic heterocycles. The van der Waals surface area contributed by atoms with Crippen molar-refractivity contribution in [2.45, 2.75) is 235 Å². The summed E-state index contributed by atoms with van der Waals surface area (Å²) >= 11 is 0. The SMILES string of the molecule is CCC(=O)C(Cc1cc(C(C)(C)C)c(O)c(C(C)(C)C)c1)n1c(=O)n(C(Cc2cc(C(C)(C)C)c(O)c(C(C)(C)C)c2)C(=O)CC)c(=O)n(C(Cc2cc(C(C)(C)C)c(O)c(C(C)(C)C)c2)C(=O)CC)c1=O. The number of aromatic nitrogens is 3. The number of phenolic OH excluding ortho intramolecular Hbond substituents is 3. The van der Waals surface area contributed by atoms with Crippen LogP contribution in [0.5, 0.6) is 17.2 Å². The van der Waals surface area contributed by atoms with Gasteiger partial charge in [0.1, 0.15) is 35.4 Å². The zero-order valence-electron chi connectivity index (χ0n) is 47.6. The second-order valence-electron chi connectivity index (χ2n) is 26.2. The molecule has 0 spiro atoms. The van der Waals surface area contributed by atoms with Crippen LogP contribution in [0.3, 0.4) is 0 Å². The second kappa shape index (κ2) is 20.8. The molecule has 0 aliphatic carbocycles. The Balaban J connectivity index is 2.30. The van der Waals surface area contributed by atoms with Gasteiger partial charge in [0.25, 0.3) is 0 Å². The van der Waals surface area contributed by atoms with E-state index in [4.69, 9.17) is 0 Å². The molecular weight excluding hydrogens is 907 g/mol. The molecule has 1 aromatic heterocycles. The van der Waals surface area contributed by atoms with Gasteiger partial charge in [0, 0.05) is 38.5 Å². The van der Waals surface area contributed by atoms with E-state index in [1.54, 1.807) is 57.2 Å². The average Bonchev–Trinajstić information content (AvgIpc) is 3.23. The number of aromatic hydroxyl groups is 3. The van der Waals surface area contributed by atoms with Crippen LogP contribution >= 0.6 is 0 Å². The van der Waals surface area contributed by atoms with Crippen molar-refractivity contribution in [3.05, 3.63) is 118 Å². The number of carbonyl (C=O) groups excluding carboxylic acids is 3. The van der Waals surface area contributed by atoms with Crippen LogP contribution in [0.15, 0.2) is 50.8 Å². The molecule has 4 aromatic rings. The minimum absolute atomic E-state index is 0.101. The summed E-state index contributed by atoms with van der Waals surface area (Å²) in [5.41, 5.74) is -1.67. The first-order chi connectivity index (χ1) is 32.6. The molecule has 72 heavy (non-hydrogen) atoms. The van der Waals surface area contributed by atoms with Gasteiger partial charge in [-0.25, -0.2) is 28.1 Å². The number of hydrogen-bond donors (Lipinski definition) is 3. The van der Waals surface area contributed by atoms with Crippen molar-refractivity contribution < 1.29 is 29.7 Å². The molecule has 4 rings (SSSR count). The first-order valence-corrected chi connectivity index (χ1v) is 25.8. The molecule has 0 bridgehead atoms. The lowest BCUT2D eigenvalue weighted by atomic mass is 9.77. The minimum atomic E-state index is -1.52. The van der Waals surface area contributed by atoms with Gasteiger partial charge in [0.2, 0.25) is 0 Å². The van der Waals surface area contributed by atoms with E-state index in [0.717, 1.165) is 13.7 Å². The van der Waals surface area contributed by atoms with Gasteiger partial charge < -0.3 is 15.3 Å². The monoisotopic (exact) mass is 994 g/mol. The summed E-state index contributed by atoms with van der Waals surface area (Å²) in [6, 6.07) is 6.12. The smallest absolute Gasteiger partial charge is 0.337 e. The van der Waals surface area contributed by atoms with Crippen molar-refractivity contribution in [1.29, 1.82) is 0 Å². The third kappa shape index (κ3) is 12.4. The Hall–Kier alpha value is -5.52. The highest BCUT2D eigenvalue weighted by atomic mass is 16.3. The lowest BCUT2D eigenvalue weighted by molar-refractivity contribution is -0.122. The number of phenols is 3. The largest absolute Gasteiger partial charge is 0.507 e. The molecular formula is C60H87N3O9. The average molecular weight is 994 g/mol. The Labute approximate surface area is 428 Å². The van der Waals surface area contributed by atoms with E-state index in [2.05, 4.69) is 0 Å². The molecule has 12 heteroatoms. The topological polar surface area (TPSA) is 178 Å². The summed E-state index contributed by atoms with van der Waals surface area (Å²) in [5, 5.41) is 35.0. The number of nitrogens with zero attached hydrogens (tertiary/aromatic N) is 3. The molecule has 3 N–H and O–H groups in total. The molecule has 3 aromatic carbocycles. The normalized spacial score (nSPS) is 14.3. The molecule has 0 amide bonds. The lowest BCUT2D eigenvalue weighted by Crippen LogP contribution is -2.60. The maximum absolute atomic E-state index is 15.7. The molecule has 0 saturated carbocycles. The molecule has 0 saturated heterocycles. The Bertz CT molecular complexity index is 2450. The summed E-state index contributed by atoms with van der Waals surface area (Å²) in [4.78, 5) is 90.9. The van der Waals surface area contributed by atoms with E-state index in [1.165, 1.54) is 0 Å². The molecule has 396 valence electrons. The number of benzene rings is 3. The number of rotatable bonds is 15. The van der Waals surface area contributed by atoms with Gasteiger partial charge in [-0.2, -0.15) is 0 Å². The first-order valence-electron chi connectivity index (χ1n) is 25.8. The predicted octanol–water partition coefficient (Wildman–Crippen LogP) is 11.4. The standard InChI is InChI=1S/C60H87N3O9/c1-22-46(64)43(31-34-25-37(55(4,5)6)49(67)38(26-34)56(7,8)9)61-52(70)62(44(47(65)23-2)32-35-27-39(57(10,11)12)50(68)40(28-35)58(13,14)15)54(72)63(53(61)71)45(48(66)24-3)33-36-29-41(59(16,17)18)51(69)42(30-36)60(19,20)21/h25-30,43-45,67-69H,22-24,31-33H2,1-21H3. The fourth-order valence-corrected chi connectivity index (χ4v) is 9.68. The Morgan fingerprint density at radius 3 is 0.639 bits per heavy atom. The highest BCUT2D eigenvalue weighted by Gasteiger charge is 2.38. The summed E-state index contributed by atoms with van der Waals surface area (Å²) in [7, 11) is 0. The van der Waals surface area contributed by atoms with Crippen LogP contribution in [-0.4, -0.2) is 46.4 Å². The summed E-state index contributed by atoms with van der Waals surface area (Å²) in [6.45, 7) is 40.0. The van der Waals surface area contributed by atoms with Gasteiger partial charge in [-0.1, -0.05) is 182 Å². The molecule has 0 aliphatic rings. The fraction of sp³-hybridized carbons (Fsp3) is 0.600. The fourth-order valence-electron chi connectivity index (χ4n) is 9.68. The van der Waals surface area contributed by atoms with Crippen LogP contribution in [0, 0.1) is 0 Å². The van der Waals surface area contributed by atoms with Gasteiger partial charge in [-0.3, -0.25) is 14.4 Å². The molecule has 0 fully saturated rings. The third-order valence-corrected chi connectivity index (χ3v) is 14.0. The first kappa shape index (κ1) is 59.0. The van der Waals surface area contributed by atoms with Crippen molar-refractivity contribution in [2.24, 2.45) is 0 Å². The van der Waals surface area contributed by atoms with Crippen LogP contribution in [0.4, 0.5) is 0 Å². The van der Waals surface area contributed by atoms with Crippen molar-refractivity contribution in [1.82, 2.24) is 13.7 Å². The van der Waals surface area contributed by atoms with E-state index < -0.39 is 85.0 Å². The second-order valence-corrected chi connectivity index (χ2v) is 26.2. The third-order valence-electron chi connectivity index (χ3n) is 14.0. The van der Waals surface area contributed by atoms with E-state index in [9.17, 15) is 29.7 Å². The van der Waals surface area contributed by atoms with Gasteiger partial charge in [-0.15, -0.1) is 0 Å². The van der Waals surface area contributed by atoms with Crippen molar-refractivity contribution >= 4 is 17.3 Å². The molecule has 3 atom stereocenters. The van der Waals surface area contributed by atoms with Crippen LogP contribution < -0.4 is 17.1 Å². The number of Topliss-reactive ketones (excluding diaryl/α,β-unsaturated/α-hetero) is 3. The van der Waals surface area contributed by atoms with Crippen molar-refractivity contribution in [3.8, 4) is 17.2 Å². The molecule has 3 unspecified atom stereocenters. The van der Waals surface area contributed by atoms with Crippen LogP contribution in [0.25, 0.3) is 0 Å². The van der Waals surface area contributed by atoms with Gasteiger partial charge >= 0.3 is 17.1 Å². The van der Waals surface area contributed by atoms with Gasteiger partial charge in [-0.05, 0) is 82.6 Å². The van der Waals surface area contributed by atoms with E-state index in [-0.39, 0.29) is 55.8 Å². The number of hydrogen-bond acceptors (Lipinski definition) is 9. The highest BCUT2D eigenvalue weighted by molar-refractivity contribution is 5.84. The number of carbonyl (C=O) groups is 3. The minimum Gasteiger partial charge on any atom is -0.507 e. The van der Waals surface area contributed by atoms with Crippen LogP contribution in [0.1, 0.15) is 233 Å². The summed E-state index contributed by atoms with van der Waals surface area (Å²) in [5.74, 6) is -1.21. The summed E-state index contributed by atoms with van der Waals surface area (Å²) in [6.07, 6.45) is -0.938. The van der Waals surface area contributed by atoms with Crippen molar-refractivity contribution in [3.63, 3.8) is 0 Å². The van der Waals surface area contributed by atoms with E-state index >= 15 is 14.4 Å². The number of ketones is 3. The zero-order chi connectivity index (χ0) is 55.3. The Morgan fingerprint density at radius 1 is 0.361 bits per heavy atom. The van der Waals surface area contributed by atoms with Crippen LogP contribution in [0.2, 0.25) is 0 Å². The Morgan fingerprint density at radius 2 is 0.514 bits per heavy atom. The molecule has 12 nitrogen and oxygen atoms in total. The van der Waals surface area contributed by atoms with E-state index in [1.807, 2.05) is 125 Å².